The van der Waals surface area contributed by atoms with E-state index in [1.54, 1.807) is 6.07 Å². The first kappa shape index (κ1) is 17.5. The van der Waals surface area contributed by atoms with Crippen molar-refractivity contribution in [2.45, 2.75) is 0 Å². The van der Waals surface area contributed by atoms with E-state index in [4.69, 9.17) is 22.1 Å². The molecule has 3 aromatic heterocycles. The molecule has 3 heterocycles. The molecule has 8 nitrogen and oxygen atoms in total. The van der Waals surface area contributed by atoms with Crippen LogP contribution in [0.25, 0.3) is 16.8 Å². The molecular weight excluding hydrogens is 333 g/mol. The van der Waals surface area contributed by atoms with Gasteiger partial charge in [-0.1, -0.05) is 11.6 Å². The van der Waals surface area contributed by atoms with Gasteiger partial charge in [-0.2, -0.15) is 5.10 Å². The summed E-state index contributed by atoms with van der Waals surface area (Å²) in [5.74, 6) is -0.893. The van der Waals surface area contributed by atoms with E-state index in [9.17, 15) is 9.90 Å². The summed E-state index contributed by atoms with van der Waals surface area (Å²) in [4.78, 5) is 19.2. The van der Waals surface area contributed by atoms with Crippen LogP contribution >= 0.6 is 11.6 Å². The standard InChI is InChI=1S/C13H10ClN5O3.Na.H/c1-22-12-7(13(20)21)2-6(4-16-12)9-3-8(14)10-11(15)17-5-18-19(9)10;;/h2-5H,1H3,(H,20,21)(H2,15,17,18);;/q;+1;-1. The van der Waals surface area contributed by atoms with E-state index in [-0.39, 0.29) is 48.2 Å². The molecule has 0 atom stereocenters. The molecule has 114 valence electrons. The minimum atomic E-state index is -1.15. The largest absolute Gasteiger partial charge is 1.00 e. The van der Waals surface area contributed by atoms with Crippen molar-refractivity contribution in [3.8, 4) is 17.1 Å². The molecule has 0 fully saturated rings. The third-order valence-corrected chi connectivity index (χ3v) is 3.39. The molecular formula is C13H11ClN5NaO3. The van der Waals surface area contributed by atoms with Gasteiger partial charge in [-0.05, 0) is 12.1 Å². The van der Waals surface area contributed by atoms with Gasteiger partial charge in [0.25, 0.3) is 0 Å². The molecule has 3 rings (SSSR count). The summed E-state index contributed by atoms with van der Waals surface area (Å²) in [5.41, 5.74) is 7.24. The number of fused-ring (bicyclic) bond motifs is 1. The molecule has 0 aliphatic rings. The second-order valence-electron chi connectivity index (χ2n) is 4.37. The molecule has 23 heavy (non-hydrogen) atoms. The first-order chi connectivity index (χ1) is 10.5. The predicted octanol–water partition coefficient (Wildman–Crippen LogP) is -1.15. The van der Waals surface area contributed by atoms with Gasteiger partial charge in [0.05, 0.1) is 17.8 Å². The van der Waals surface area contributed by atoms with E-state index in [1.807, 2.05) is 0 Å². The number of hydrogen-bond donors (Lipinski definition) is 2. The number of carboxylic acid groups (broad SMARTS) is 1. The SMILES string of the molecule is COc1ncc(-c2cc(Cl)c3c(N)ncnn23)cc1C(=O)O.[H-].[Na+]. The van der Waals surface area contributed by atoms with E-state index < -0.39 is 5.97 Å². The van der Waals surface area contributed by atoms with Crippen LogP contribution in [0.2, 0.25) is 5.02 Å². The predicted molar refractivity (Wildman–Crippen MR) is 80.3 cm³/mol. The monoisotopic (exact) mass is 343 g/mol. The topological polar surface area (TPSA) is 116 Å². The number of nitrogens with two attached hydrogens (primary N) is 1. The van der Waals surface area contributed by atoms with Crippen molar-refractivity contribution in [2.75, 3.05) is 12.8 Å². The fourth-order valence-electron chi connectivity index (χ4n) is 2.14. The molecule has 0 saturated carbocycles. The Hall–Kier alpha value is -1.87. The normalized spacial score (nSPS) is 10.3. The van der Waals surface area contributed by atoms with Gasteiger partial charge in [0.2, 0.25) is 5.88 Å². The summed E-state index contributed by atoms with van der Waals surface area (Å²) in [5, 5.41) is 13.7. The van der Waals surface area contributed by atoms with E-state index in [1.165, 1.54) is 30.2 Å². The molecule has 0 bridgehead atoms. The van der Waals surface area contributed by atoms with Crippen molar-refractivity contribution >= 4 is 28.9 Å². The first-order valence-electron chi connectivity index (χ1n) is 6.08. The molecule has 0 spiro atoms. The molecule has 3 aromatic rings. The Labute approximate surface area is 159 Å². The summed E-state index contributed by atoms with van der Waals surface area (Å²) in [6.07, 6.45) is 2.76. The number of pyridine rings is 1. The Morgan fingerprint density at radius 3 is 2.83 bits per heavy atom. The zero-order valence-electron chi connectivity index (χ0n) is 13.3. The Morgan fingerprint density at radius 2 is 2.17 bits per heavy atom. The van der Waals surface area contributed by atoms with Gasteiger partial charge in [-0.25, -0.2) is 19.3 Å². The number of ether oxygens (including phenoxy) is 1. The second kappa shape index (κ2) is 6.71. The summed E-state index contributed by atoms with van der Waals surface area (Å²) in [6.45, 7) is 0. The summed E-state index contributed by atoms with van der Waals surface area (Å²) >= 11 is 6.15. The maximum absolute atomic E-state index is 11.3. The number of aromatic nitrogens is 4. The minimum absolute atomic E-state index is 0. The van der Waals surface area contributed by atoms with Crippen molar-refractivity contribution in [3.63, 3.8) is 0 Å². The fraction of sp³-hybridized carbons (Fsp3) is 0.0769. The molecule has 0 unspecified atom stereocenters. The number of halogens is 1. The van der Waals surface area contributed by atoms with Gasteiger partial charge in [0, 0.05) is 11.8 Å². The van der Waals surface area contributed by atoms with Gasteiger partial charge < -0.3 is 17.0 Å². The number of rotatable bonds is 3. The quantitative estimate of drug-likeness (QED) is 0.577. The number of hydrogen-bond acceptors (Lipinski definition) is 6. The first-order valence-corrected chi connectivity index (χ1v) is 6.46. The average molecular weight is 344 g/mol. The smallest absolute Gasteiger partial charge is 1.00 e. The summed E-state index contributed by atoms with van der Waals surface area (Å²) < 4.78 is 6.42. The van der Waals surface area contributed by atoms with Crippen LogP contribution in [0.3, 0.4) is 0 Å². The third-order valence-electron chi connectivity index (χ3n) is 3.11. The van der Waals surface area contributed by atoms with Crippen molar-refractivity contribution in [1.82, 2.24) is 19.6 Å². The molecule has 0 amide bonds. The van der Waals surface area contributed by atoms with Gasteiger partial charge in [-0.3, -0.25) is 0 Å². The molecule has 0 radical (unpaired) electrons. The van der Waals surface area contributed by atoms with Gasteiger partial charge in [-0.15, -0.1) is 0 Å². The Kier molecular flexibility index (Phi) is 5.10. The van der Waals surface area contributed by atoms with Crippen molar-refractivity contribution in [3.05, 3.63) is 35.2 Å². The van der Waals surface area contributed by atoms with Crippen LogP contribution in [-0.2, 0) is 0 Å². The molecule has 0 aliphatic heterocycles. The molecule has 0 saturated heterocycles. The number of nitrogen functional groups attached to an aromatic ring is 1. The van der Waals surface area contributed by atoms with Gasteiger partial charge in [0.1, 0.15) is 17.4 Å². The van der Waals surface area contributed by atoms with Crippen LogP contribution in [0.5, 0.6) is 5.88 Å². The fourth-order valence-corrected chi connectivity index (χ4v) is 2.42. The Bertz CT molecular complexity index is 905. The van der Waals surface area contributed by atoms with Crippen LogP contribution in [0, 0.1) is 0 Å². The Morgan fingerprint density at radius 1 is 1.43 bits per heavy atom. The number of nitrogens with zero attached hydrogens (tertiary/aromatic N) is 4. The summed E-state index contributed by atoms with van der Waals surface area (Å²) in [7, 11) is 1.35. The van der Waals surface area contributed by atoms with Crippen LogP contribution in [-0.4, -0.2) is 37.8 Å². The number of carbonyl (C=O) groups is 1. The maximum atomic E-state index is 11.3. The van der Waals surface area contributed by atoms with E-state index in [0.717, 1.165) is 0 Å². The van der Waals surface area contributed by atoms with E-state index >= 15 is 0 Å². The van der Waals surface area contributed by atoms with Crippen molar-refractivity contribution < 1.29 is 45.6 Å². The Balaban J connectivity index is 0.00000144. The van der Waals surface area contributed by atoms with Crippen molar-refractivity contribution in [1.29, 1.82) is 0 Å². The zero-order valence-corrected chi connectivity index (χ0v) is 15.1. The van der Waals surface area contributed by atoms with E-state index in [2.05, 4.69) is 15.1 Å². The zero-order chi connectivity index (χ0) is 15.9. The number of anilines is 1. The van der Waals surface area contributed by atoms with Crippen LogP contribution in [0.15, 0.2) is 24.7 Å². The number of methoxy groups -OCH3 is 1. The molecule has 10 heteroatoms. The van der Waals surface area contributed by atoms with Crippen molar-refractivity contribution in [2.24, 2.45) is 0 Å². The minimum Gasteiger partial charge on any atom is -1.00 e. The average Bonchev–Trinajstić information content (AvgIpc) is 2.85. The maximum Gasteiger partial charge on any atom is 1.00 e. The van der Waals surface area contributed by atoms with Crippen LogP contribution < -0.4 is 40.0 Å². The summed E-state index contributed by atoms with van der Waals surface area (Å²) in [6, 6.07) is 3.06. The van der Waals surface area contributed by atoms with Crippen LogP contribution in [0.4, 0.5) is 5.82 Å². The molecule has 0 aromatic carbocycles. The molecule has 3 N–H and O–H groups in total. The number of aromatic carboxylic acids is 1. The van der Waals surface area contributed by atoms with E-state index in [0.29, 0.717) is 21.8 Å². The van der Waals surface area contributed by atoms with Gasteiger partial charge >= 0.3 is 35.5 Å². The van der Waals surface area contributed by atoms with Gasteiger partial charge in [0.15, 0.2) is 5.82 Å². The number of carboxylic acids is 1. The third kappa shape index (κ3) is 2.98. The van der Waals surface area contributed by atoms with Crippen LogP contribution in [0.1, 0.15) is 11.8 Å². The second-order valence-corrected chi connectivity index (χ2v) is 4.78. The molecule has 0 aliphatic carbocycles.